The summed E-state index contributed by atoms with van der Waals surface area (Å²) in [5.41, 5.74) is 1.18. The Morgan fingerprint density at radius 2 is 1.76 bits per heavy atom. The van der Waals surface area contributed by atoms with Gasteiger partial charge in [-0.05, 0) is 39.8 Å². The van der Waals surface area contributed by atoms with E-state index in [-0.39, 0.29) is 24.6 Å². The number of benzene rings is 1. The van der Waals surface area contributed by atoms with Gasteiger partial charge in [-0.2, -0.15) is 0 Å². The van der Waals surface area contributed by atoms with Crippen LogP contribution in [0.4, 0.5) is 0 Å². The van der Waals surface area contributed by atoms with Gasteiger partial charge in [0.1, 0.15) is 11.9 Å². The average molecular weight is 236 g/mol. The topological polar surface area (TPSA) is 35.5 Å². The maximum Gasteiger partial charge on any atom is 0.309 e. The lowest BCUT2D eigenvalue weighted by atomic mass is 10.2. The van der Waals surface area contributed by atoms with Crippen molar-refractivity contribution in [3.63, 3.8) is 0 Å². The van der Waals surface area contributed by atoms with E-state index in [2.05, 4.69) is 0 Å². The molecule has 0 saturated carbocycles. The van der Waals surface area contributed by atoms with Gasteiger partial charge in [-0.1, -0.05) is 17.7 Å². The molecule has 1 aromatic carbocycles. The Labute approximate surface area is 103 Å². The van der Waals surface area contributed by atoms with Crippen LogP contribution in [-0.2, 0) is 9.53 Å². The Morgan fingerprint density at radius 3 is 2.29 bits per heavy atom. The minimum absolute atomic E-state index is 0.0749. The first kappa shape index (κ1) is 13.6. The van der Waals surface area contributed by atoms with Gasteiger partial charge in [-0.3, -0.25) is 4.79 Å². The van der Waals surface area contributed by atoms with Crippen LogP contribution in [0.5, 0.6) is 5.75 Å². The molecule has 0 saturated heterocycles. The number of carbonyl (C=O) groups excluding carboxylic acids is 1. The van der Waals surface area contributed by atoms with Gasteiger partial charge in [0, 0.05) is 0 Å². The third-order valence-corrected chi connectivity index (χ3v) is 2.18. The van der Waals surface area contributed by atoms with Crippen LogP contribution in [0, 0.1) is 6.92 Å². The fourth-order valence-corrected chi connectivity index (χ4v) is 1.44. The smallest absolute Gasteiger partial charge is 0.309 e. The van der Waals surface area contributed by atoms with Crippen molar-refractivity contribution in [3.8, 4) is 5.75 Å². The molecule has 0 aliphatic heterocycles. The third kappa shape index (κ3) is 5.38. The summed E-state index contributed by atoms with van der Waals surface area (Å²) in [5.74, 6) is 0.556. The summed E-state index contributed by atoms with van der Waals surface area (Å²) in [6.45, 7) is 7.56. The molecule has 3 heteroatoms. The standard InChI is InChI=1S/C14H20O3/c1-10(2)16-14(15)9-12(4)17-13-7-5-11(3)6-8-13/h5-8,10,12H,9H2,1-4H3. The van der Waals surface area contributed by atoms with Crippen LogP contribution in [-0.4, -0.2) is 18.2 Å². The maximum atomic E-state index is 11.4. The predicted octanol–water partition coefficient (Wildman–Crippen LogP) is 3.10. The lowest BCUT2D eigenvalue weighted by molar-refractivity contribution is -0.149. The summed E-state index contributed by atoms with van der Waals surface area (Å²) in [7, 11) is 0. The number of esters is 1. The van der Waals surface area contributed by atoms with Crippen LogP contribution in [0.1, 0.15) is 32.8 Å². The van der Waals surface area contributed by atoms with Gasteiger partial charge < -0.3 is 9.47 Å². The highest BCUT2D eigenvalue weighted by Gasteiger charge is 2.12. The van der Waals surface area contributed by atoms with E-state index >= 15 is 0 Å². The molecule has 0 fully saturated rings. The molecule has 0 N–H and O–H groups in total. The second-order valence-corrected chi connectivity index (χ2v) is 4.48. The number of hydrogen-bond donors (Lipinski definition) is 0. The van der Waals surface area contributed by atoms with Gasteiger partial charge in [0.05, 0.1) is 12.5 Å². The van der Waals surface area contributed by atoms with Gasteiger partial charge in [0.25, 0.3) is 0 Å². The Balaban J connectivity index is 2.41. The van der Waals surface area contributed by atoms with Crippen molar-refractivity contribution in [2.75, 3.05) is 0 Å². The third-order valence-electron chi connectivity index (χ3n) is 2.18. The first-order valence-electron chi connectivity index (χ1n) is 5.90. The predicted molar refractivity (Wildman–Crippen MR) is 67.1 cm³/mol. The van der Waals surface area contributed by atoms with Gasteiger partial charge in [0.2, 0.25) is 0 Å². The van der Waals surface area contributed by atoms with E-state index in [0.29, 0.717) is 0 Å². The summed E-state index contributed by atoms with van der Waals surface area (Å²) in [6.07, 6.45) is 0.0181. The highest BCUT2D eigenvalue weighted by molar-refractivity contribution is 5.70. The lowest BCUT2D eigenvalue weighted by Gasteiger charge is -2.15. The van der Waals surface area contributed by atoms with Crippen LogP contribution < -0.4 is 4.74 Å². The maximum absolute atomic E-state index is 11.4. The summed E-state index contributed by atoms with van der Waals surface area (Å²) in [5, 5.41) is 0. The molecule has 94 valence electrons. The molecule has 1 aromatic rings. The molecule has 1 unspecified atom stereocenters. The summed E-state index contributed by atoms with van der Waals surface area (Å²) < 4.78 is 10.7. The summed E-state index contributed by atoms with van der Waals surface area (Å²) in [4.78, 5) is 11.4. The fraction of sp³-hybridized carbons (Fsp3) is 0.500. The van der Waals surface area contributed by atoms with E-state index in [1.807, 2.05) is 52.0 Å². The zero-order chi connectivity index (χ0) is 12.8. The van der Waals surface area contributed by atoms with E-state index in [0.717, 1.165) is 5.75 Å². The molecule has 0 aliphatic rings. The zero-order valence-electron chi connectivity index (χ0n) is 10.9. The highest BCUT2D eigenvalue weighted by Crippen LogP contribution is 2.14. The molecule has 0 bridgehead atoms. The number of hydrogen-bond acceptors (Lipinski definition) is 3. The van der Waals surface area contributed by atoms with Crippen molar-refractivity contribution in [1.29, 1.82) is 0 Å². The molecule has 3 nitrogen and oxygen atoms in total. The van der Waals surface area contributed by atoms with Crippen LogP contribution in [0.3, 0.4) is 0 Å². The quantitative estimate of drug-likeness (QED) is 0.737. The van der Waals surface area contributed by atoms with Crippen LogP contribution in [0.25, 0.3) is 0 Å². The van der Waals surface area contributed by atoms with Crippen molar-refractivity contribution >= 4 is 5.97 Å². The SMILES string of the molecule is Cc1ccc(OC(C)CC(=O)OC(C)C)cc1. The molecule has 1 rings (SSSR count). The largest absolute Gasteiger partial charge is 0.490 e. The molecule has 0 spiro atoms. The molecule has 0 aliphatic carbocycles. The highest BCUT2D eigenvalue weighted by atomic mass is 16.5. The van der Waals surface area contributed by atoms with Crippen molar-refractivity contribution in [1.82, 2.24) is 0 Å². The average Bonchev–Trinajstić information content (AvgIpc) is 2.19. The van der Waals surface area contributed by atoms with Crippen molar-refractivity contribution in [2.45, 2.75) is 46.3 Å². The Morgan fingerprint density at radius 1 is 1.18 bits per heavy atom. The Bertz CT molecular complexity index is 354. The first-order valence-corrected chi connectivity index (χ1v) is 5.90. The van der Waals surface area contributed by atoms with E-state index in [4.69, 9.17) is 9.47 Å². The van der Waals surface area contributed by atoms with E-state index in [1.165, 1.54) is 5.56 Å². The Hall–Kier alpha value is -1.51. The van der Waals surface area contributed by atoms with Crippen LogP contribution >= 0.6 is 0 Å². The van der Waals surface area contributed by atoms with E-state index in [9.17, 15) is 4.79 Å². The van der Waals surface area contributed by atoms with Gasteiger partial charge in [0.15, 0.2) is 0 Å². The van der Waals surface area contributed by atoms with Crippen LogP contribution in [0.15, 0.2) is 24.3 Å². The molecule has 1 atom stereocenters. The first-order chi connectivity index (χ1) is 7.97. The fourth-order valence-electron chi connectivity index (χ4n) is 1.44. The van der Waals surface area contributed by atoms with Crippen molar-refractivity contribution < 1.29 is 14.3 Å². The molecule has 0 radical (unpaired) electrons. The molecule has 0 heterocycles. The normalized spacial score (nSPS) is 12.3. The monoisotopic (exact) mass is 236 g/mol. The van der Waals surface area contributed by atoms with Crippen LogP contribution in [0.2, 0.25) is 0 Å². The molecular formula is C14H20O3. The minimum atomic E-state index is -0.223. The number of rotatable bonds is 5. The van der Waals surface area contributed by atoms with Gasteiger partial charge in [-0.15, -0.1) is 0 Å². The molecule has 0 amide bonds. The van der Waals surface area contributed by atoms with Crippen molar-refractivity contribution in [3.05, 3.63) is 29.8 Å². The van der Waals surface area contributed by atoms with Crippen molar-refractivity contribution in [2.24, 2.45) is 0 Å². The van der Waals surface area contributed by atoms with Gasteiger partial charge in [-0.25, -0.2) is 0 Å². The number of carbonyl (C=O) groups is 1. The van der Waals surface area contributed by atoms with Gasteiger partial charge >= 0.3 is 5.97 Å². The number of aryl methyl sites for hydroxylation is 1. The summed E-state index contributed by atoms with van der Waals surface area (Å²) in [6, 6.07) is 7.77. The molecule has 0 aromatic heterocycles. The molecule has 17 heavy (non-hydrogen) atoms. The van der Waals surface area contributed by atoms with E-state index in [1.54, 1.807) is 0 Å². The van der Waals surface area contributed by atoms with E-state index < -0.39 is 0 Å². The second-order valence-electron chi connectivity index (χ2n) is 4.48. The lowest BCUT2D eigenvalue weighted by Crippen LogP contribution is -2.21. The summed E-state index contributed by atoms with van der Waals surface area (Å²) >= 11 is 0. The molecular weight excluding hydrogens is 216 g/mol. The Kier molecular flexibility index (Phi) is 5.01. The second kappa shape index (κ2) is 6.28. The number of ether oxygens (including phenoxy) is 2. The zero-order valence-corrected chi connectivity index (χ0v) is 10.9. The minimum Gasteiger partial charge on any atom is -0.490 e.